The molecule has 2 atom stereocenters. The first-order chi connectivity index (χ1) is 6.27. The van der Waals surface area contributed by atoms with Crippen LogP contribution in [-0.4, -0.2) is 30.6 Å². The molecule has 2 N–H and O–H groups in total. The van der Waals surface area contributed by atoms with Crippen LogP contribution < -0.4 is 5.73 Å². The number of nitrogens with zero attached hydrogens (tertiary/aromatic N) is 1. The second-order valence-corrected chi connectivity index (χ2v) is 4.37. The molecule has 2 heteroatoms. The van der Waals surface area contributed by atoms with Gasteiger partial charge in [0.15, 0.2) is 0 Å². The number of hydrogen-bond acceptors (Lipinski definition) is 2. The summed E-state index contributed by atoms with van der Waals surface area (Å²) in [6.07, 6.45) is 5.32. The Kier molecular flexibility index (Phi) is 4.74. The highest BCUT2D eigenvalue weighted by Gasteiger charge is 2.18. The van der Waals surface area contributed by atoms with Crippen LogP contribution in [0.1, 0.15) is 39.5 Å². The summed E-state index contributed by atoms with van der Waals surface area (Å²) in [6, 6.07) is 0.630. The highest BCUT2D eigenvalue weighted by atomic mass is 15.2. The normalized spacial score (nSPS) is 28.4. The lowest BCUT2D eigenvalue weighted by atomic mass is 10.0. The molecule has 0 aromatic rings. The standard InChI is InChI=1S/C11H24N2/c1-3-11(9-12)13-7-4-5-10(2)6-8-13/h10-11H,3-9,12H2,1-2H3. The molecule has 1 saturated heterocycles. The van der Waals surface area contributed by atoms with Crippen molar-refractivity contribution in [3.05, 3.63) is 0 Å². The van der Waals surface area contributed by atoms with Crippen LogP contribution in [0.15, 0.2) is 0 Å². The van der Waals surface area contributed by atoms with Gasteiger partial charge in [-0.15, -0.1) is 0 Å². The molecule has 2 nitrogen and oxygen atoms in total. The second-order valence-electron chi connectivity index (χ2n) is 4.37. The van der Waals surface area contributed by atoms with Crippen molar-refractivity contribution in [2.75, 3.05) is 19.6 Å². The lowest BCUT2D eigenvalue weighted by molar-refractivity contribution is 0.201. The van der Waals surface area contributed by atoms with Gasteiger partial charge < -0.3 is 5.73 Å². The van der Waals surface area contributed by atoms with Gasteiger partial charge in [0, 0.05) is 12.6 Å². The van der Waals surface area contributed by atoms with Crippen LogP contribution in [0, 0.1) is 5.92 Å². The monoisotopic (exact) mass is 184 g/mol. The summed E-state index contributed by atoms with van der Waals surface area (Å²) in [6.45, 7) is 7.96. The van der Waals surface area contributed by atoms with Gasteiger partial charge in [-0.25, -0.2) is 0 Å². The van der Waals surface area contributed by atoms with Gasteiger partial charge in [-0.05, 0) is 44.7 Å². The molecule has 1 aliphatic heterocycles. The third-order valence-electron chi connectivity index (χ3n) is 3.31. The van der Waals surface area contributed by atoms with Crippen LogP contribution in [0.3, 0.4) is 0 Å². The Morgan fingerprint density at radius 3 is 2.77 bits per heavy atom. The summed E-state index contributed by atoms with van der Waals surface area (Å²) in [5.41, 5.74) is 5.76. The van der Waals surface area contributed by atoms with Crippen molar-refractivity contribution in [3.63, 3.8) is 0 Å². The third-order valence-corrected chi connectivity index (χ3v) is 3.31. The Balaban J connectivity index is 2.40. The molecule has 13 heavy (non-hydrogen) atoms. The molecular weight excluding hydrogens is 160 g/mol. The molecule has 1 aliphatic rings. The first-order valence-electron chi connectivity index (χ1n) is 5.72. The van der Waals surface area contributed by atoms with E-state index in [4.69, 9.17) is 5.73 Å². The number of rotatable bonds is 3. The summed E-state index contributed by atoms with van der Waals surface area (Å²) >= 11 is 0. The number of hydrogen-bond donors (Lipinski definition) is 1. The third kappa shape index (κ3) is 3.28. The van der Waals surface area contributed by atoms with E-state index < -0.39 is 0 Å². The minimum Gasteiger partial charge on any atom is -0.329 e. The van der Waals surface area contributed by atoms with Crippen LogP contribution in [0.2, 0.25) is 0 Å². The van der Waals surface area contributed by atoms with Crippen molar-refractivity contribution >= 4 is 0 Å². The van der Waals surface area contributed by atoms with Gasteiger partial charge in [0.05, 0.1) is 0 Å². The Morgan fingerprint density at radius 1 is 1.38 bits per heavy atom. The van der Waals surface area contributed by atoms with Gasteiger partial charge in [0.25, 0.3) is 0 Å². The average Bonchev–Trinajstić information content (AvgIpc) is 2.34. The second kappa shape index (κ2) is 5.61. The number of likely N-dealkylation sites (tertiary alicyclic amines) is 1. The van der Waals surface area contributed by atoms with Gasteiger partial charge >= 0.3 is 0 Å². The summed E-state index contributed by atoms with van der Waals surface area (Å²) < 4.78 is 0. The highest BCUT2D eigenvalue weighted by molar-refractivity contribution is 4.75. The zero-order chi connectivity index (χ0) is 9.68. The minimum atomic E-state index is 0.630. The molecule has 0 amide bonds. The van der Waals surface area contributed by atoms with Crippen molar-refractivity contribution in [1.29, 1.82) is 0 Å². The molecule has 1 fully saturated rings. The highest BCUT2D eigenvalue weighted by Crippen LogP contribution is 2.18. The molecule has 0 aliphatic carbocycles. The lowest BCUT2D eigenvalue weighted by Crippen LogP contribution is -2.40. The summed E-state index contributed by atoms with van der Waals surface area (Å²) in [4.78, 5) is 2.59. The van der Waals surface area contributed by atoms with E-state index in [1.54, 1.807) is 0 Å². The molecule has 0 radical (unpaired) electrons. The predicted octanol–water partition coefficient (Wildman–Crippen LogP) is 1.85. The fourth-order valence-corrected chi connectivity index (χ4v) is 2.22. The van der Waals surface area contributed by atoms with Crippen molar-refractivity contribution < 1.29 is 0 Å². The molecule has 78 valence electrons. The van der Waals surface area contributed by atoms with E-state index in [0.29, 0.717) is 6.04 Å². The van der Waals surface area contributed by atoms with Crippen LogP contribution in [-0.2, 0) is 0 Å². The molecule has 2 unspecified atom stereocenters. The maximum Gasteiger partial charge on any atom is 0.0215 e. The van der Waals surface area contributed by atoms with E-state index in [2.05, 4.69) is 18.7 Å². The minimum absolute atomic E-state index is 0.630. The predicted molar refractivity (Wildman–Crippen MR) is 57.7 cm³/mol. The molecule has 1 rings (SSSR count). The topological polar surface area (TPSA) is 29.3 Å². The van der Waals surface area contributed by atoms with Crippen molar-refractivity contribution in [2.24, 2.45) is 11.7 Å². The van der Waals surface area contributed by atoms with E-state index in [0.717, 1.165) is 12.5 Å². The SMILES string of the molecule is CCC(CN)N1CCCC(C)CC1. The van der Waals surface area contributed by atoms with E-state index in [1.165, 1.54) is 38.8 Å². The van der Waals surface area contributed by atoms with Crippen LogP contribution >= 0.6 is 0 Å². The van der Waals surface area contributed by atoms with Crippen molar-refractivity contribution in [2.45, 2.75) is 45.6 Å². The zero-order valence-electron chi connectivity index (χ0n) is 9.13. The Labute approximate surface area is 82.5 Å². The van der Waals surface area contributed by atoms with Crippen LogP contribution in [0.4, 0.5) is 0 Å². The van der Waals surface area contributed by atoms with Crippen LogP contribution in [0.5, 0.6) is 0 Å². The first kappa shape index (κ1) is 11.0. The van der Waals surface area contributed by atoms with E-state index in [9.17, 15) is 0 Å². The Morgan fingerprint density at radius 2 is 2.15 bits per heavy atom. The largest absolute Gasteiger partial charge is 0.329 e. The van der Waals surface area contributed by atoms with E-state index in [-0.39, 0.29) is 0 Å². The summed E-state index contributed by atoms with van der Waals surface area (Å²) in [5.74, 6) is 0.917. The fraction of sp³-hybridized carbons (Fsp3) is 1.00. The molecule has 0 aromatic heterocycles. The molecule has 0 spiro atoms. The molecule has 0 saturated carbocycles. The van der Waals surface area contributed by atoms with E-state index >= 15 is 0 Å². The number of nitrogens with two attached hydrogens (primary N) is 1. The molecular formula is C11H24N2. The Bertz CT molecular complexity index is 132. The van der Waals surface area contributed by atoms with Gasteiger partial charge in [-0.2, -0.15) is 0 Å². The fourth-order valence-electron chi connectivity index (χ4n) is 2.22. The Hall–Kier alpha value is -0.0800. The first-order valence-corrected chi connectivity index (χ1v) is 5.72. The summed E-state index contributed by atoms with van der Waals surface area (Å²) in [5, 5.41) is 0. The quantitative estimate of drug-likeness (QED) is 0.725. The maximum atomic E-state index is 5.76. The summed E-state index contributed by atoms with van der Waals surface area (Å²) in [7, 11) is 0. The van der Waals surface area contributed by atoms with Gasteiger partial charge in [0.2, 0.25) is 0 Å². The lowest BCUT2D eigenvalue weighted by Gasteiger charge is -2.28. The van der Waals surface area contributed by atoms with E-state index in [1.807, 2.05) is 0 Å². The van der Waals surface area contributed by atoms with Gasteiger partial charge in [0.1, 0.15) is 0 Å². The van der Waals surface area contributed by atoms with Crippen molar-refractivity contribution in [1.82, 2.24) is 4.90 Å². The molecule has 0 aromatic carbocycles. The maximum absolute atomic E-state index is 5.76. The zero-order valence-corrected chi connectivity index (χ0v) is 9.13. The molecule has 0 bridgehead atoms. The van der Waals surface area contributed by atoms with Gasteiger partial charge in [-0.3, -0.25) is 4.90 Å². The smallest absolute Gasteiger partial charge is 0.0215 e. The van der Waals surface area contributed by atoms with Crippen molar-refractivity contribution in [3.8, 4) is 0 Å². The van der Waals surface area contributed by atoms with Gasteiger partial charge in [-0.1, -0.05) is 13.8 Å². The van der Waals surface area contributed by atoms with Crippen LogP contribution in [0.25, 0.3) is 0 Å². The average molecular weight is 184 g/mol. The molecule has 1 heterocycles.